The van der Waals surface area contributed by atoms with Gasteiger partial charge in [-0.3, -0.25) is 0 Å². The molecule has 1 aromatic carbocycles. The van der Waals surface area contributed by atoms with Crippen LogP contribution in [0.3, 0.4) is 0 Å². The Kier molecular flexibility index (Phi) is 5.40. The second-order valence-electron chi connectivity index (χ2n) is 3.73. The highest BCUT2D eigenvalue weighted by atomic mass is 16.5. The summed E-state index contributed by atoms with van der Waals surface area (Å²) in [6.07, 6.45) is -1.13. The third-order valence-corrected chi connectivity index (χ3v) is 2.41. The molecule has 0 saturated carbocycles. The third kappa shape index (κ3) is 3.73. The smallest absolute Gasteiger partial charge is 0.340 e. The van der Waals surface area contributed by atoms with E-state index in [4.69, 9.17) is 30.2 Å². The molecule has 1 rings (SSSR count). The maximum atomic E-state index is 11.8. The minimum atomic E-state index is -1.13. The summed E-state index contributed by atoms with van der Waals surface area (Å²) in [5, 5.41) is 17.7. The molecule has 106 valence electrons. The highest BCUT2D eigenvalue weighted by molar-refractivity contribution is 5.97. The zero-order valence-electron chi connectivity index (χ0n) is 10.8. The van der Waals surface area contributed by atoms with Gasteiger partial charge in [0.1, 0.15) is 24.2 Å². The lowest BCUT2D eigenvalue weighted by Crippen LogP contribution is -2.22. The Hall–Kier alpha value is -1.99. The molecule has 19 heavy (non-hydrogen) atoms. The Balaban J connectivity index is 2.95. The number of esters is 1. The number of methoxy groups -OCH3 is 2. The zero-order chi connectivity index (χ0) is 14.4. The number of carbonyl (C=O) groups excluding carboxylic acids is 1. The molecule has 1 aromatic rings. The van der Waals surface area contributed by atoms with Crippen molar-refractivity contribution in [2.75, 3.05) is 33.2 Å². The number of anilines is 1. The van der Waals surface area contributed by atoms with E-state index in [9.17, 15) is 4.79 Å². The van der Waals surface area contributed by atoms with Gasteiger partial charge >= 0.3 is 5.97 Å². The summed E-state index contributed by atoms with van der Waals surface area (Å²) >= 11 is 0. The fourth-order valence-corrected chi connectivity index (χ4v) is 1.36. The van der Waals surface area contributed by atoms with E-state index in [0.29, 0.717) is 5.75 Å². The van der Waals surface area contributed by atoms with Crippen LogP contribution < -0.4 is 15.2 Å². The Morgan fingerprint density at radius 3 is 2.58 bits per heavy atom. The zero-order valence-corrected chi connectivity index (χ0v) is 10.8. The van der Waals surface area contributed by atoms with Crippen molar-refractivity contribution in [3.63, 3.8) is 0 Å². The lowest BCUT2D eigenvalue weighted by molar-refractivity contribution is 0.00937. The number of nitrogen functional groups attached to an aromatic ring is 1. The van der Waals surface area contributed by atoms with Crippen LogP contribution in [0.15, 0.2) is 12.1 Å². The summed E-state index contributed by atoms with van der Waals surface area (Å²) in [5.74, 6) is -0.0584. The number of benzene rings is 1. The third-order valence-electron chi connectivity index (χ3n) is 2.41. The summed E-state index contributed by atoms with van der Waals surface area (Å²) in [6.45, 7) is -0.821. The number of aliphatic hydroxyl groups excluding tert-OH is 2. The lowest BCUT2D eigenvalue weighted by Gasteiger charge is -2.13. The van der Waals surface area contributed by atoms with Gasteiger partial charge in [0, 0.05) is 6.07 Å². The quantitative estimate of drug-likeness (QED) is 0.485. The molecule has 1 unspecified atom stereocenters. The number of hydrogen-bond donors (Lipinski definition) is 3. The summed E-state index contributed by atoms with van der Waals surface area (Å²) in [7, 11) is 2.85. The first-order valence-electron chi connectivity index (χ1n) is 5.51. The first-order valence-corrected chi connectivity index (χ1v) is 5.51. The summed E-state index contributed by atoms with van der Waals surface area (Å²) in [6, 6.07) is 2.94. The van der Waals surface area contributed by atoms with E-state index in [1.165, 1.54) is 26.4 Å². The molecule has 0 aliphatic rings. The molecular formula is C12H17NO6. The van der Waals surface area contributed by atoms with Crippen LogP contribution in [0.2, 0.25) is 0 Å². The molecule has 0 aliphatic carbocycles. The highest BCUT2D eigenvalue weighted by Crippen LogP contribution is 2.31. The molecule has 1 atom stereocenters. The predicted molar refractivity (Wildman–Crippen MR) is 67.3 cm³/mol. The van der Waals surface area contributed by atoms with E-state index in [1.807, 2.05) is 0 Å². The molecule has 0 aliphatic heterocycles. The maximum absolute atomic E-state index is 11.8. The molecule has 0 saturated heterocycles. The number of ether oxygens (including phenoxy) is 3. The molecule has 0 spiro atoms. The van der Waals surface area contributed by atoms with Crippen LogP contribution in [-0.2, 0) is 4.74 Å². The Bertz CT molecular complexity index is 448. The minimum Gasteiger partial charge on any atom is -0.497 e. The largest absolute Gasteiger partial charge is 0.497 e. The molecule has 4 N–H and O–H groups in total. The first-order chi connectivity index (χ1) is 9.03. The Morgan fingerprint density at radius 1 is 1.37 bits per heavy atom. The fraction of sp³-hybridized carbons (Fsp3) is 0.417. The van der Waals surface area contributed by atoms with Gasteiger partial charge in [-0.25, -0.2) is 4.79 Å². The predicted octanol–water partition coefficient (Wildman–Crippen LogP) is -0.204. The first kappa shape index (κ1) is 15.1. The van der Waals surface area contributed by atoms with Crippen LogP contribution in [0.5, 0.6) is 11.5 Å². The number of aliphatic hydroxyl groups is 2. The van der Waals surface area contributed by atoms with E-state index in [0.717, 1.165) is 0 Å². The van der Waals surface area contributed by atoms with Gasteiger partial charge in [0.05, 0.1) is 32.1 Å². The van der Waals surface area contributed by atoms with Crippen molar-refractivity contribution in [2.45, 2.75) is 6.10 Å². The molecule has 0 amide bonds. The normalized spacial score (nSPS) is 11.8. The van der Waals surface area contributed by atoms with E-state index in [-0.39, 0.29) is 23.6 Å². The molecule has 7 nitrogen and oxygen atoms in total. The van der Waals surface area contributed by atoms with Crippen molar-refractivity contribution in [1.82, 2.24) is 0 Å². The van der Waals surface area contributed by atoms with Crippen molar-refractivity contribution in [1.29, 1.82) is 0 Å². The van der Waals surface area contributed by atoms with Crippen LogP contribution in [-0.4, -0.2) is 49.7 Å². The second kappa shape index (κ2) is 6.81. The summed E-state index contributed by atoms with van der Waals surface area (Å²) in [4.78, 5) is 11.8. The van der Waals surface area contributed by atoms with Gasteiger partial charge in [0.2, 0.25) is 0 Å². The molecule has 0 aromatic heterocycles. The van der Waals surface area contributed by atoms with E-state index < -0.39 is 18.7 Å². The van der Waals surface area contributed by atoms with E-state index >= 15 is 0 Å². The van der Waals surface area contributed by atoms with Crippen LogP contribution in [0, 0.1) is 0 Å². The number of nitrogens with two attached hydrogens (primary N) is 1. The standard InChI is InChI=1S/C12H17NO6/c1-17-8-3-9(11(13)10(4-8)18-2)12(16)19-6-7(15)5-14/h3-4,7,14-15H,5-6,13H2,1-2H3. The van der Waals surface area contributed by atoms with Gasteiger partial charge in [0.25, 0.3) is 0 Å². The van der Waals surface area contributed by atoms with E-state index in [1.54, 1.807) is 0 Å². The van der Waals surface area contributed by atoms with Gasteiger partial charge in [0.15, 0.2) is 0 Å². The summed E-state index contributed by atoms with van der Waals surface area (Å²) < 4.78 is 14.9. The summed E-state index contributed by atoms with van der Waals surface area (Å²) in [5.41, 5.74) is 5.95. The minimum absolute atomic E-state index is 0.0707. The number of rotatable bonds is 6. The van der Waals surface area contributed by atoms with Crippen LogP contribution >= 0.6 is 0 Å². The lowest BCUT2D eigenvalue weighted by atomic mass is 10.1. The van der Waals surface area contributed by atoms with Gasteiger partial charge in [-0.1, -0.05) is 0 Å². The molecule has 0 fully saturated rings. The molecule has 7 heteroatoms. The van der Waals surface area contributed by atoms with Crippen molar-refractivity contribution < 1.29 is 29.2 Å². The monoisotopic (exact) mass is 271 g/mol. The topological polar surface area (TPSA) is 111 Å². The van der Waals surface area contributed by atoms with Gasteiger partial charge in [-0.15, -0.1) is 0 Å². The van der Waals surface area contributed by atoms with Crippen molar-refractivity contribution in [3.8, 4) is 11.5 Å². The maximum Gasteiger partial charge on any atom is 0.340 e. The second-order valence-corrected chi connectivity index (χ2v) is 3.73. The van der Waals surface area contributed by atoms with Crippen molar-refractivity contribution in [2.24, 2.45) is 0 Å². The number of hydrogen-bond acceptors (Lipinski definition) is 7. The molecule has 0 heterocycles. The SMILES string of the molecule is COc1cc(OC)c(N)c(C(=O)OCC(O)CO)c1. The average Bonchev–Trinajstić information content (AvgIpc) is 2.44. The van der Waals surface area contributed by atoms with Crippen LogP contribution in [0.25, 0.3) is 0 Å². The number of carbonyl (C=O) groups is 1. The van der Waals surface area contributed by atoms with Gasteiger partial charge < -0.3 is 30.2 Å². The van der Waals surface area contributed by atoms with Crippen LogP contribution in [0.4, 0.5) is 5.69 Å². The van der Waals surface area contributed by atoms with Crippen LogP contribution in [0.1, 0.15) is 10.4 Å². The van der Waals surface area contributed by atoms with E-state index in [2.05, 4.69) is 0 Å². The highest BCUT2D eigenvalue weighted by Gasteiger charge is 2.18. The molecule has 0 bridgehead atoms. The van der Waals surface area contributed by atoms with Crippen molar-refractivity contribution >= 4 is 11.7 Å². The molecular weight excluding hydrogens is 254 g/mol. The molecule has 0 radical (unpaired) electrons. The fourth-order valence-electron chi connectivity index (χ4n) is 1.36. The van der Waals surface area contributed by atoms with Crippen molar-refractivity contribution in [3.05, 3.63) is 17.7 Å². The Labute approximate surface area is 110 Å². The Morgan fingerprint density at radius 2 is 2.05 bits per heavy atom. The van der Waals surface area contributed by atoms with Gasteiger partial charge in [-0.05, 0) is 6.07 Å². The average molecular weight is 271 g/mol. The van der Waals surface area contributed by atoms with Gasteiger partial charge in [-0.2, -0.15) is 0 Å².